The molecule has 0 unspecified atom stereocenters. The SMILES string of the molecule is COC(=O)C1CCN(S(=O)(=O)c2ccc3c(c2)C(C)(C)CC(=O)N3)CC1. The third-order valence-electron chi connectivity index (χ3n) is 5.22. The molecule has 3 rings (SSSR count). The normalized spacial score (nSPS) is 21.0. The van der Waals surface area contributed by atoms with E-state index in [4.69, 9.17) is 4.74 Å². The Kier molecular flexibility index (Phi) is 4.83. The van der Waals surface area contributed by atoms with Crippen molar-refractivity contribution in [3.63, 3.8) is 0 Å². The number of ether oxygens (including phenoxy) is 1. The zero-order chi connectivity index (χ0) is 19.1. The Morgan fingerprint density at radius 3 is 2.54 bits per heavy atom. The Morgan fingerprint density at radius 1 is 1.27 bits per heavy atom. The van der Waals surface area contributed by atoms with Crippen LogP contribution in [0.15, 0.2) is 23.1 Å². The summed E-state index contributed by atoms with van der Waals surface area (Å²) in [6.45, 7) is 4.45. The number of hydrogen-bond acceptors (Lipinski definition) is 5. The van der Waals surface area contributed by atoms with E-state index < -0.39 is 15.4 Å². The van der Waals surface area contributed by atoms with Gasteiger partial charge in [0.2, 0.25) is 15.9 Å². The van der Waals surface area contributed by atoms with Crippen LogP contribution in [-0.2, 0) is 29.8 Å². The minimum Gasteiger partial charge on any atom is -0.469 e. The Labute approximate surface area is 153 Å². The van der Waals surface area contributed by atoms with Crippen LogP contribution < -0.4 is 5.32 Å². The number of nitrogens with zero attached hydrogens (tertiary/aromatic N) is 1. The third kappa shape index (κ3) is 3.35. The second kappa shape index (κ2) is 6.66. The van der Waals surface area contributed by atoms with Crippen molar-refractivity contribution in [1.82, 2.24) is 4.31 Å². The van der Waals surface area contributed by atoms with Gasteiger partial charge in [-0.05, 0) is 36.6 Å². The third-order valence-corrected chi connectivity index (χ3v) is 7.12. The molecule has 1 saturated heterocycles. The number of rotatable bonds is 3. The van der Waals surface area contributed by atoms with Crippen molar-refractivity contribution in [2.75, 3.05) is 25.5 Å². The number of carbonyl (C=O) groups is 2. The zero-order valence-corrected chi connectivity index (χ0v) is 16.1. The highest BCUT2D eigenvalue weighted by Crippen LogP contribution is 2.39. The van der Waals surface area contributed by atoms with Crippen molar-refractivity contribution in [1.29, 1.82) is 0 Å². The minimum atomic E-state index is -3.65. The number of sulfonamides is 1. The molecule has 0 saturated carbocycles. The number of anilines is 1. The van der Waals surface area contributed by atoms with Crippen LogP contribution in [0.5, 0.6) is 0 Å². The van der Waals surface area contributed by atoms with Gasteiger partial charge >= 0.3 is 5.97 Å². The first kappa shape index (κ1) is 18.8. The van der Waals surface area contributed by atoms with Gasteiger partial charge in [-0.2, -0.15) is 4.31 Å². The van der Waals surface area contributed by atoms with Crippen LogP contribution in [0.4, 0.5) is 5.69 Å². The minimum absolute atomic E-state index is 0.0667. The molecule has 2 aliphatic rings. The van der Waals surface area contributed by atoms with Gasteiger partial charge in [-0.1, -0.05) is 13.8 Å². The van der Waals surface area contributed by atoms with Crippen molar-refractivity contribution in [2.45, 2.75) is 43.4 Å². The first-order valence-corrected chi connectivity index (χ1v) is 10.1. The first-order chi connectivity index (χ1) is 12.1. The van der Waals surface area contributed by atoms with E-state index in [9.17, 15) is 18.0 Å². The molecular weight excluding hydrogens is 356 g/mol. The molecule has 0 aromatic heterocycles. The van der Waals surface area contributed by atoms with Crippen LogP contribution >= 0.6 is 0 Å². The van der Waals surface area contributed by atoms with E-state index in [1.165, 1.54) is 17.5 Å². The lowest BCUT2D eigenvalue weighted by Crippen LogP contribution is -2.40. The molecule has 0 radical (unpaired) electrons. The molecule has 1 aromatic rings. The molecule has 7 nitrogen and oxygen atoms in total. The van der Waals surface area contributed by atoms with E-state index in [2.05, 4.69) is 5.32 Å². The molecule has 0 atom stereocenters. The molecular formula is C18H24N2O5S. The van der Waals surface area contributed by atoms with Gasteiger partial charge in [-0.25, -0.2) is 8.42 Å². The molecule has 8 heteroatoms. The topological polar surface area (TPSA) is 92.8 Å². The lowest BCUT2D eigenvalue weighted by atomic mass is 9.78. The van der Waals surface area contributed by atoms with Crippen molar-refractivity contribution in [3.8, 4) is 0 Å². The number of benzene rings is 1. The highest BCUT2D eigenvalue weighted by atomic mass is 32.2. The highest BCUT2D eigenvalue weighted by Gasteiger charge is 2.36. The maximum Gasteiger partial charge on any atom is 0.308 e. The van der Waals surface area contributed by atoms with Crippen molar-refractivity contribution in [3.05, 3.63) is 23.8 Å². The lowest BCUT2D eigenvalue weighted by molar-refractivity contribution is -0.146. The molecule has 0 spiro atoms. The van der Waals surface area contributed by atoms with Crippen LogP contribution in [0.3, 0.4) is 0 Å². The summed E-state index contributed by atoms with van der Waals surface area (Å²) in [6.07, 6.45) is 1.23. The van der Waals surface area contributed by atoms with Crippen molar-refractivity contribution >= 4 is 27.6 Å². The van der Waals surface area contributed by atoms with E-state index in [1.807, 2.05) is 13.8 Å². The van der Waals surface area contributed by atoms with E-state index >= 15 is 0 Å². The van der Waals surface area contributed by atoms with E-state index in [-0.39, 0.29) is 22.7 Å². The maximum absolute atomic E-state index is 13.0. The summed E-state index contributed by atoms with van der Waals surface area (Å²) in [7, 11) is -2.30. The fourth-order valence-electron chi connectivity index (χ4n) is 3.69. The highest BCUT2D eigenvalue weighted by molar-refractivity contribution is 7.89. The second-order valence-electron chi connectivity index (χ2n) is 7.52. The number of hydrogen-bond donors (Lipinski definition) is 1. The Balaban J connectivity index is 1.85. The summed E-state index contributed by atoms with van der Waals surface area (Å²) in [5, 5.41) is 2.80. The number of esters is 1. The summed E-state index contributed by atoms with van der Waals surface area (Å²) in [5.74, 6) is -0.597. The van der Waals surface area contributed by atoms with Gasteiger partial charge in [-0.15, -0.1) is 0 Å². The molecule has 1 amide bonds. The summed E-state index contributed by atoms with van der Waals surface area (Å²) in [6, 6.07) is 4.85. The second-order valence-corrected chi connectivity index (χ2v) is 9.46. The van der Waals surface area contributed by atoms with Crippen LogP contribution in [0.2, 0.25) is 0 Å². The first-order valence-electron chi connectivity index (χ1n) is 8.67. The molecule has 26 heavy (non-hydrogen) atoms. The van der Waals surface area contributed by atoms with Crippen LogP contribution in [-0.4, -0.2) is 44.8 Å². The van der Waals surface area contributed by atoms with Gasteiger partial charge in [0.25, 0.3) is 0 Å². The number of methoxy groups -OCH3 is 1. The molecule has 2 aliphatic heterocycles. The average Bonchev–Trinajstić information content (AvgIpc) is 2.60. The van der Waals surface area contributed by atoms with Gasteiger partial charge in [-0.3, -0.25) is 9.59 Å². The fourth-order valence-corrected chi connectivity index (χ4v) is 5.19. The number of amides is 1. The zero-order valence-electron chi connectivity index (χ0n) is 15.2. The van der Waals surface area contributed by atoms with Gasteiger partial charge in [0.05, 0.1) is 17.9 Å². The smallest absolute Gasteiger partial charge is 0.308 e. The van der Waals surface area contributed by atoms with Gasteiger partial charge in [0.1, 0.15) is 0 Å². The van der Waals surface area contributed by atoms with Crippen LogP contribution in [0.1, 0.15) is 38.7 Å². The Hall–Kier alpha value is -1.93. The quantitative estimate of drug-likeness (QED) is 0.808. The van der Waals surface area contributed by atoms with E-state index in [1.54, 1.807) is 12.1 Å². The lowest BCUT2D eigenvalue weighted by Gasteiger charge is -2.33. The molecule has 0 aliphatic carbocycles. The predicted octanol–water partition coefficient (Wildman–Crippen LogP) is 1.88. The Bertz CT molecular complexity index is 839. The molecule has 142 valence electrons. The van der Waals surface area contributed by atoms with Crippen molar-refractivity contribution < 1.29 is 22.7 Å². The number of nitrogens with one attached hydrogen (secondary N) is 1. The Morgan fingerprint density at radius 2 is 1.92 bits per heavy atom. The van der Waals surface area contributed by atoms with Gasteiger partial charge < -0.3 is 10.1 Å². The molecule has 1 N–H and O–H groups in total. The maximum atomic E-state index is 13.0. The molecule has 1 aromatic carbocycles. The number of fused-ring (bicyclic) bond motifs is 1. The molecule has 0 bridgehead atoms. The largest absolute Gasteiger partial charge is 0.469 e. The predicted molar refractivity (Wildman–Crippen MR) is 96.2 cm³/mol. The van der Waals surface area contributed by atoms with Gasteiger partial charge in [0.15, 0.2) is 0 Å². The van der Waals surface area contributed by atoms with E-state index in [0.29, 0.717) is 38.0 Å². The average molecular weight is 380 g/mol. The monoisotopic (exact) mass is 380 g/mol. The van der Waals surface area contributed by atoms with Crippen LogP contribution in [0.25, 0.3) is 0 Å². The van der Waals surface area contributed by atoms with E-state index in [0.717, 1.165) is 5.56 Å². The number of piperidine rings is 1. The summed E-state index contributed by atoms with van der Waals surface area (Å²) in [4.78, 5) is 23.7. The molecule has 2 heterocycles. The fraction of sp³-hybridized carbons (Fsp3) is 0.556. The van der Waals surface area contributed by atoms with Crippen molar-refractivity contribution in [2.24, 2.45) is 5.92 Å². The van der Waals surface area contributed by atoms with Crippen LogP contribution in [0, 0.1) is 5.92 Å². The summed E-state index contributed by atoms with van der Waals surface area (Å²) < 4.78 is 32.2. The standard InChI is InChI=1S/C18H24N2O5S/c1-18(2)11-16(21)19-15-5-4-13(10-14(15)18)26(23,24)20-8-6-12(7-9-20)17(22)25-3/h4-5,10,12H,6-9,11H2,1-3H3,(H,19,21). The summed E-state index contributed by atoms with van der Waals surface area (Å²) in [5.41, 5.74) is 1.05. The summed E-state index contributed by atoms with van der Waals surface area (Å²) >= 11 is 0. The number of carbonyl (C=O) groups excluding carboxylic acids is 2. The molecule has 1 fully saturated rings. The van der Waals surface area contributed by atoms with Gasteiger partial charge in [0, 0.05) is 30.6 Å².